The van der Waals surface area contributed by atoms with Crippen LogP contribution in [0.3, 0.4) is 0 Å². The monoisotopic (exact) mass is 222 g/mol. The molecule has 1 aliphatic rings. The van der Waals surface area contributed by atoms with Gasteiger partial charge in [0.2, 0.25) is 0 Å². The molecule has 88 valence electrons. The molecule has 2 nitrogen and oxygen atoms in total. The van der Waals surface area contributed by atoms with E-state index >= 15 is 0 Å². The van der Waals surface area contributed by atoms with Crippen LogP contribution in [0.25, 0.3) is 0 Å². The zero-order valence-corrected chi connectivity index (χ0v) is 10.1. The summed E-state index contributed by atoms with van der Waals surface area (Å²) in [5.74, 6) is -0.119. The third-order valence-electron chi connectivity index (χ3n) is 2.76. The average Bonchev–Trinajstić information content (AvgIpc) is 2.15. The van der Waals surface area contributed by atoms with Gasteiger partial charge in [0.1, 0.15) is 5.82 Å². The summed E-state index contributed by atoms with van der Waals surface area (Å²) in [7, 11) is 0. The lowest BCUT2D eigenvalue weighted by atomic mass is 9.94. The van der Waals surface area contributed by atoms with E-state index in [1.165, 1.54) is 6.07 Å². The van der Waals surface area contributed by atoms with E-state index in [2.05, 4.69) is 31.4 Å². The number of anilines is 1. The average molecular weight is 222 g/mol. The van der Waals surface area contributed by atoms with Gasteiger partial charge in [-0.3, -0.25) is 0 Å². The van der Waals surface area contributed by atoms with Gasteiger partial charge in [-0.2, -0.15) is 0 Å². The van der Waals surface area contributed by atoms with Crippen LogP contribution in [0, 0.1) is 5.82 Å². The Labute approximate surface area is 96.2 Å². The predicted octanol–water partition coefficient (Wildman–Crippen LogP) is 3.07. The van der Waals surface area contributed by atoms with E-state index in [0.29, 0.717) is 0 Å². The molecule has 0 bridgehead atoms. The molecule has 0 fully saturated rings. The second-order valence-electron chi connectivity index (χ2n) is 5.36. The van der Waals surface area contributed by atoms with Crippen molar-refractivity contribution in [1.82, 2.24) is 5.32 Å². The van der Waals surface area contributed by atoms with Crippen LogP contribution in [0.1, 0.15) is 38.8 Å². The summed E-state index contributed by atoms with van der Waals surface area (Å²) in [4.78, 5) is 0. The molecular formula is C13H19FN2. The highest BCUT2D eigenvalue weighted by Crippen LogP contribution is 2.32. The van der Waals surface area contributed by atoms with Crippen molar-refractivity contribution in [1.29, 1.82) is 0 Å². The zero-order chi connectivity index (χ0) is 11.8. The molecule has 1 heterocycles. The molecular weight excluding hydrogens is 203 g/mol. The maximum Gasteiger partial charge on any atom is 0.130 e. The summed E-state index contributed by atoms with van der Waals surface area (Å²) < 4.78 is 13.8. The van der Waals surface area contributed by atoms with E-state index in [9.17, 15) is 4.39 Å². The summed E-state index contributed by atoms with van der Waals surface area (Å²) in [6.07, 6.45) is 0.922. The number of nitrogens with one attached hydrogen (secondary N) is 2. The molecule has 0 radical (unpaired) electrons. The molecule has 0 saturated carbocycles. The Morgan fingerprint density at radius 2 is 2.12 bits per heavy atom. The minimum Gasteiger partial charge on any atom is -0.385 e. The first-order valence-electron chi connectivity index (χ1n) is 5.77. The van der Waals surface area contributed by atoms with Crippen LogP contribution in [-0.4, -0.2) is 12.1 Å². The molecule has 0 amide bonds. The van der Waals surface area contributed by atoms with E-state index < -0.39 is 0 Å². The highest BCUT2D eigenvalue weighted by Gasteiger charge is 2.26. The van der Waals surface area contributed by atoms with Gasteiger partial charge < -0.3 is 10.6 Å². The third-order valence-corrected chi connectivity index (χ3v) is 2.76. The standard InChI is InChI=1S/C13H19FN2/c1-13(2,3)16-11-7-8-15-10-6-4-5-9(14)12(10)11/h4-6,11,15-16H,7-8H2,1-3H3. The van der Waals surface area contributed by atoms with Gasteiger partial charge in [0.25, 0.3) is 0 Å². The van der Waals surface area contributed by atoms with Gasteiger partial charge in [-0.15, -0.1) is 0 Å². The van der Waals surface area contributed by atoms with Crippen molar-refractivity contribution in [3.63, 3.8) is 0 Å². The summed E-state index contributed by atoms with van der Waals surface area (Å²) in [6.45, 7) is 7.21. The quantitative estimate of drug-likeness (QED) is 0.763. The predicted molar refractivity (Wildman–Crippen MR) is 65.1 cm³/mol. The third kappa shape index (κ3) is 2.35. The molecule has 16 heavy (non-hydrogen) atoms. The second kappa shape index (κ2) is 4.06. The molecule has 1 unspecified atom stereocenters. The first-order chi connectivity index (χ1) is 7.47. The molecule has 1 aromatic carbocycles. The fraction of sp³-hybridized carbons (Fsp3) is 0.538. The van der Waals surface area contributed by atoms with Crippen LogP contribution >= 0.6 is 0 Å². The minimum atomic E-state index is -0.119. The van der Waals surface area contributed by atoms with Crippen LogP contribution in [0.2, 0.25) is 0 Å². The molecule has 0 spiro atoms. The van der Waals surface area contributed by atoms with Crippen LogP contribution in [0.15, 0.2) is 18.2 Å². The van der Waals surface area contributed by atoms with Crippen LogP contribution in [0.4, 0.5) is 10.1 Å². The fourth-order valence-corrected chi connectivity index (χ4v) is 2.21. The van der Waals surface area contributed by atoms with Gasteiger partial charge in [-0.05, 0) is 39.3 Å². The molecule has 1 aromatic rings. The molecule has 0 aliphatic carbocycles. The maximum atomic E-state index is 13.8. The number of rotatable bonds is 1. The zero-order valence-electron chi connectivity index (χ0n) is 10.1. The maximum absolute atomic E-state index is 13.8. The highest BCUT2D eigenvalue weighted by molar-refractivity contribution is 5.55. The molecule has 2 N–H and O–H groups in total. The van der Waals surface area contributed by atoms with E-state index in [0.717, 1.165) is 24.2 Å². The van der Waals surface area contributed by atoms with Crippen molar-refractivity contribution in [3.8, 4) is 0 Å². The summed E-state index contributed by atoms with van der Waals surface area (Å²) in [6, 6.07) is 5.33. The van der Waals surface area contributed by atoms with Gasteiger partial charge >= 0.3 is 0 Å². The van der Waals surface area contributed by atoms with Crippen molar-refractivity contribution < 1.29 is 4.39 Å². The molecule has 0 aromatic heterocycles. The fourth-order valence-electron chi connectivity index (χ4n) is 2.21. The van der Waals surface area contributed by atoms with Crippen LogP contribution in [0.5, 0.6) is 0 Å². The lowest BCUT2D eigenvalue weighted by molar-refractivity contribution is 0.344. The van der Waals surface area contributed by atoms with E-state index in [1.54, 1.807) is 6.07 Å². The number of benzene rings is 1. The van der Waals surface area contributed by atoms with Gasteiger partial charge in [0.15, 0.2) is 0 Å². The lowest BCUT2D eigenvalue weighted by Crippen LogP contribution is -2.41. The van der Waals surface area contributed by atoms with Crippen molar-refractivity contribution >= 4 is 5.69 Å². The smallest absolute Gasteiger partial charge is 0.130 e. The van der Waals surface area contributed by atoms with Crippen LogP contribution < -0.4 is 10.6 Å². The number of halogens is 1. The highest BCUT2D eigenvalue weighted by atomic mass is 19.1. The first kappa shape index (κ1) is 11.4. The van der Waals surface area contributed by atoms with Gasteiger partial charge in [-0.25, -0.2) is 4.39 Å². The summed E-state index contributed by atoms with van der Waals surface area (Å²) in [5.41, 5.74) is 1.71. The van der Waals surface area contributed by atoms with E-state index in [4.69, 9.17) is 0 Å². The van der Waals surface area contributed by atoms with E-state index in [1.807, 2.05) is 6.07 Å². The largest absolute Gasteiger partial charge is 0.385 e. The van der Waals surface area contributed by atoms with Gasteiger partial charge in [-0.1, -0.05) is 6.07 Å². The first-order valence-corrected chi connectivity index (χ1v) is 5.77. The lowest BCUT2D eigenvalue weighted by Gasteiger charge is -2.33. The topological polar surface area (TPSA) is 24.1 Å². The van der Waals surface area contributed by atoms with E-state index in [-0.39, 0.29) is 17.4 Å². The second-order valence-corrected chi connectivity index (χ2v) is 5.36. The van der Waals surface area contributed by atoms with Crippen molar-refractivity contribution in [2.75, 3.05) is 11.9 Å². The Bertz CT molecular complexity index is 382. The normalized spacial score (nSPS) is 20.1. The van der Waals surface area contributed by atoms with Crippen LogP contribution in [-0.2, 0) is 0 Å². The van der Waals surface area contributed by atoms with Gasteiger partial charge in [0, 0.05) is 29.4 Å². The van der Waals surface area contributed by atoms with Gasteiger partial charge in [0.05, 0.1) is 0 Å². The Morgan fingerprint density at radius 1 is 1.38 bits per heavy atom. The summed E-state index contributed by atoms with van der Waals surface area (Å²) >= 11 is 0. The Hall–Kier alpha value is -1.09. The molecule has 3 heteroatoms. The Kier molecular flexibility index (Phi) is 2.89. The van der Waals surface area contributed by atoms with Crippen molar-refractivity contribution in [3.05, 3.63) is 29.6 Å². The molecule has 0 saturated heterocycles. The molecule has 1 atom stereocenters. The minimum absolute atomic E-state index is 0.00155. The van der Waals surface area contributed by atoms with Crippen molar-refractivity contribution in [2.24, 2.45) is 0 Å². The Morgan fingerprint density at radius 3 is 2.81 bits per heavy atom. The number of hydrogen-bond acceptors (Lipinski definition) is 2. The Balaban J connectivity index is 2.32. The summed E-state index contributed by atoms with van der Waals surface area (Å²) in [5, 5.41) is 6.71. The number of fused-ring (bicyclic) bond motifs is 1. The SMILES string of the molecule is CC(C)(C)NC1CCNc2cccc(F)c21. The molecule has 1 aliphatic heterocycles. The van der Waals surface area contributed by atoms with Crippen molar-refractivity contribution in [2.45, 2.75) is 38.8 Å². The molecule has 2 rings (SSSR count). The number of hydrogen-bond donors (Lipinski definition) is 2.